The first-order valence-corrected chi connectivity index (χ1v) is 9.18. The molecule has 2 amide bonds. The van der Waals surface area contributed by atoms with E-state index in [0.29, 0.717) is 0 Å². The van der Waals surface area contributed by atoms with Crippen LogP contribution in [-0.2, 0) is 15.8 Å². The van der Waals surface area contributed by atoms with Crippen molar-refractivity contribution in [3.8, 4) is 6.07 Å². The highest BCUT2D eigenvalue weighted by Crippen LogP contribution is 2.35. The molecule has 3 rings (SSSR count). The molecule has 1 aliphatic heterocycles. The highest BCUT2D eigenvalue weighted by atomic mass is 19.4. The molecule has 28 heavy (non-hydrogen) atoms. The third-order valence-electron chi connectivity index (χ3n) is 5.49. The van der Waals surface area contributed by atoms with Crippen molar-refractivity contribution in [2.45, 2.75) is 37.9 Å². The van der Waals surface area contributed by atoms with Crippen molar-refractivity contribution in [1.82, 2.24) is 4.90 Å². The Balaban J connectivity index is 1.83. The average Bonchev–Trinajstić information content (AvgIpc) is 3.20. The number of alkyl halides is 3. The van der Waals surface area contributed by atoms with E-state index < -0.39 is 29.3 Å². The molecule has 1 aromatic carbocycles. The molecule has 2 aliphatic rings. The highest BCUT2D eigenvalue weighted by molar-refractivity contribution is 5.88. The van der Waals surface area contributed by atoms with Crippen molar-refractivity contribution in [2.75, 3.05) is 24.5 Å². The first kappa shape index (κ1) is 20.0. The fourth-order valence-electron chi connectivity index (χ4n) is 3.99. The predicted molar refractivity (Wildman–Crippen MR) is 95.0 cm³/mol. The van der Waals surface area contributed by atoms with Gasteiger partial charge in [-0.25, -0.2) is 0 Å². The van der Waals surface area contributed by atoms with Crippen molar-refractivity contribution in [3.63, 3.8) is 0 Å². The molecule has 1 atom stereocenters. The molecule has 1 heterocycles. The first-order chi connectivity index (χ1) is 13.2. The number of nitrogens with two attached hydrogens (primary N) is 1. The lowest BCUT2D eigenvalue weighted by Gasteiger charge is -2.42. The second kappa shape index (κ2) is 7.70. The van der Waals surface area contributed by atoms with Gasteiger partial charge in [0.2, 0.25) is 11.8 Å². The minimum Gasteiger partial charge on any atom is -0.368 e. The number of amides is 2. The molecule has 0 radical (unpaired) electrons. The van der Waals surface area contributed by atoms with Gasteiger partial charge in [-0.15, -0.1) is 0 Å². The van der Waals surface area contributed by atoms with Crippen LogP contribution in [0.5, 0.6) is 0 Å². The van der Waals surface area contributed by atoms with E-state index in [1.165, 1.54) is 11.0 Å². The zero-order valence-electron chi connectivity index (χ0n) is 15.2. The summed E-state index contributed by atoms with van der Waals surface area (Å²) in [5.74, 6) is -0.891. The van der Waals surface area contributed by atoms with Crippen LogP contribution in [0.2, 0.25) is 0 Å². The minimum absolute atomic E-state index is 0.0248. The van der Waals surface area contributed by atoms with Crippen LogP contribution in [-0.4, -0.2) is 42.4 Å². The molecule has 0 aromatic heterocycles. The smallest absolute Gasteiger partial charge is 0.368 e. The molecule has 9 heteroatoms. The second-order valence-electron chi connectivity index (χ2n) is 7.22. The van der Waals surface area contributed by atoms with Gasteiger partial charge in [-0.3, -0.25) is 9.59 Å². The maximum absolute atomic E-state index is 13.2. The number of benzene rings is 1. The highest BCUT2D eigenvalue weighted by Gasteiger charge is 2.39. The van der Waals surface area contributed by atoms with Gasteiger partial charge >= 0.3 is 6.18 Å². The summed E-state index contributed by atoms with van der Waals surface area (Å²) in [5, 5.41) is 8.93. The average molecular weight is 394 g/mol. The number of piperazine rings is 1. The number of rotatable bonds is 3. The molecular weight excluding hydrogens is 373 g/mol. The topological polar surface area (TPSA) is 90.4 Å². The summed E-state index contributed by atoms with van der Waals surface area (Å²) in [7, 11) is 0. The second-order valence-corrected chi connectivity index (χ2v) is 7.22. The summed E-state index contributed by atoms with van der Waals surface area (Å²) < 4.78 is 39.7. The Morgan fingerprint density at radius 2 is 1.86 bits per heavy atom. The molecule has 1 aliphatic carbocycles. The van der Waals surface area contributed by atoms with Crippen LogP contribution in [0, 0.1) is 17.2 Å². The van der Waals surface area contributed by atoms with E-state index in [1.54, 1.807) is 11.0 Å². The SMILES string of the molecule is N#Cc1ccc(N2CCN(C(=O)C3CCCC3)C(C(N)=O)C2)cc1C(F)(F)F. The molecule has 1 saturated carbocycles. The van der Waals surface area contributed by atoms with Gasteiger partial charge in [-0.2, -0.15) is 18.4 Å². The quantitative estimate of drug-likeness (QED) is 0.852. The maximum Gasteiger partial charge on any atom is 0.417 e. The van der Waals surface area contributed by atoms with Gasteiger partial charge in [0, 0.05) is 31.2 Å². The van der Waals surface area contributed by atoms with Crippen LogP contribution in [0.15, 0.2) is 18.2 Å². The Labute approximate surface area is 160 Å². The van der Waals surface area contributed by atoms with Crippen LogP contribution in [0.3, 0.4) is 0 Å². The Hall–Kier alpha value is -2.76. The van der Waals surface area contributed by atoms with Crippen LogP contribution < -0.4 is 10.6 Å². The minimum atomic E-state index is -4.66. The number of hydrogen-bond acceptors (Lipinski definition) is 4. The van der Waals surface area contributed by atoms with Gasteiger partial charge in [0.25, 0.3) is 0 Å². The van der Waals surface area contributed by atoms with Crippen LogP contribution in [0.25, 0.3) is 0 Å². The fraction of sp³-hybridized carbons (Fsp3) is 0.526. The third-order valence-corrected chi connectivity index (χ3v) is 5.49. The zero-order chi connectivity index (χ0) is 20.5. The van der Waals surface area contributed by atoms with E-state index in [1.807, 2.05) is 0 Å². The number of nitrogens with zero attached hydrogens (tertiary/aromatic N) is 3. The molecule has 0 spiro atoms. The summed E-state index contributed by atoms with van der Waals surface area (Å²) in [6.45, 7) is 0.521. The number of primary amides is 1. The monoisotopic (exact) mass is 394 g/mol. The van der Waals surface area contributed by atoms with E-state index in [0.717, 1.165) is 37.8 Å². The van der Waals surface area contributed by atoms with E-state index in [4.69, 9.17) is 11.0 Å². The number of nitriles is 1. The van der Waals surface area contributed by atoms with E-state index in [9.17, 15) is 22.8 Å². The summed E-state index contributed by atoms with van der Waals surface area (Å²) in [6, 6.07) is 4.09. The Morgan fingerprint density at radius 3 is 2.43 bits per heavy atom. The van der Waals surface area contributed by atoms with Crippen molar-refractivity contribution in [1.29, 1.82) is 5.26 Å². The lowest BCUT2D eigenvalue weighted by Crippen LogP contribution is -2.61. The molecule has 1 aromatic rings. The fourth-order valence-corrected chi connectivity index (χ4v) is 3.99. The van der Waals surface area contributed by atoms with Crippen molar-refractivity contribution >= 4 is 17.5 Å². The zero-order valence-corrected chi connectivity index (χ0v) is 15.2. The van der Waals surface area contributed by atoms with Crippen LogP contribution >= 0.6 is 0 Å². The summed E-state index contributed by atoms with van der Waals surface area (Å²) in [5.41, 5.74) is 4.26. The molecule has 2 fully saturated rings. The number of anilines is 1. The number of carbonyl (C=O) groups is 2. The lowest BCUT2D eigenvalue weighted by atomic mass is 10.0. The molecule has 0 bridgehead atoms. The molecule has 150 valence electrons. The largest absolute Gasteiger partial charge is 0.417 e. The molecule has 6 nitrogen and oxygen atoms in total. The Kier molecular flexibility index (Phi) is 5.49. The summed E-state index contributed by atoms with van der Waals surface area (Å²) >= 11 is 0. The van der Waals surface area contributed by atoms with Gasteiger partial charge in [-0.05, 0) is 31.0 Å². The maximum atomic E-state index is 13.2. The Bertz CT molecular complexity index is 812. The third kappa shape index (κ3) is 3.91. The van der Waals surface area contributed by atoms with Gasteiger partial charge in [0.05, 0.1) is 17.2 Å². The summed E-state index contributed by atoms with van der Waals surface area (Å²) in [4.78, 5) is 27.8. The standard InChI is InChI=1S/C19H21F3N4O2/c20-19(21,22)15-9-14(6-5-13(15)10-23)25-7-8-26(16(11-25)17(24)27)18(28)12-3-1-2-4-12/h5-6,9,12,16H,1-4,7-8,11H2,(H2,24,27). The molecule has 1 unspecified atom stereocenters. The summed E-state index contributed by atoms with van der Waals surface area (Å²) in [6.07, 6.45) is -1.14. The number of halogens is 3. The van der Waals surface area contributed by atoms with Gasteiger partial charge in [0.1, 0.15) is 6.04 Å². The van der Waals surface area contributed by atoms with Gasteiger partial charge < -0.3 is 15.5 Å². The molecule has 2 N–H and O–H groups in total. The molecule has 1 saturated heterocycles. The van der Waals surface area contributed by atoms with E-state index >= 15 is 0 Å². The van der Waals surface area contributed by atoms with E-state index in [-0.39, 0.29) is 37.1 Å². The predicted octanol–water partition coefficient (Wildman–Crippen LogP) is 2.27. The number of carbonyl (C=O) groups excluding carboxylic acids is 2. The van der Waals surface area contributed by atoms with Crippen molar-refractivity contribution in [3.05, 3.63) is 29.3 Å². The van der Waals surface area contributed by atoms with Gasteiger partial charge in [0.15, 0.2) is 0 Å². The molecular formula is C19H21F3N4O2. The van der Waals surface area contributed by atoms with E-state index in [2.05, 4.69) is 0 Å². The Morgan fingerprint density at radius 1 is 1.18 bits per heavy atom. The lowest BCUT2D eigenvalue weighted by molar-refractivity contribution is -0.143. The first-order valence-electron chi connectivity index (χ1n) is 9.18. The van der Waals surface area contributed by atoms with Gasteiger partial charge in [-0.1, -0.05) is 12.8 Å². The van der Waals surface area contributed by atoms with Crippen LogP contribution in [0.1, 0.15) is 36.8 Å². The number of hydrogen-bond donors (Lipinski definition) is 1. The normalized spacial score (nSPS) is 20.9. The van der Waals surface area contributed by atoms with Crippen molar-refractivity contribution in [2.24, 2.45) is 11.7 Å². The van der Waals surface area contributed by atoms with Crippen LogP contribution in [0.4, 0.5) is 18.9 Å². The van der Waals surface area contributed by atoms with Crippen molar-refractivity contribution < 1.29 is 22.8 Å².